The molecule has 0 radical (unpaired) electrons. The lowest BCUT2D eigenvalue weighted by atomic mass is 9.77. The van der Waals surface area contributed by atoms with Crippen LogP contribution in [0.25, 0.3) is 0 Å². The van der Waals surface area contributed by atoms with E-state index >= 15 is 0 Å². The van der Waals surface area contributed by atoms with E-state index in [1.54, 1.807) is 36.0 Å². The van der Waals surface area contributed by atoms with E-state index in [2.05, 4.69) is 381 Å². The molecule has 4 aliphatic carbocycles. The van der Waals surface area contributed by atoms with E-state index in [0.717, 1.165) is 96.5 Å². The Morgan fingerprint density at radius 1 is 0.209 bits per heavy atom. The Bertz CT molecular complexity index is 4830. The van der Waals surface area contributed by atoms with Gasteiger partial charge in [0.05, 0.1) is 61.6 Å². The average Bonchev–Trinajstić information content (AvgIpc) is 0.752. The Morgan fingerprint density at radius 2 is 0.419 bits per heavy atom. The molecule has 4 fully saturated rings. The van der Waals surface area contributed by atoms with Crippen LogP contribution in [0.15, 0.2) is 279 Å². The number of hydrogen-bond donors (Lipinski definition) is 0. The van der Waals surface area contributed by atoms with Crippen LogP contribution in [0.5, 0.6) is 0 Å². The van der Waals surface area contributed by atoms with Gasteiger partial charge in [-0.2, -0.15) is 0 Å². The van der Waals surface area contributed by atoms with Crippen LogP contribution in [0.3, 0.4) is 0 Å². The second-order valence-corrected chi connectivity index (χ2v) is 81.6. The van der Waals surface area contributed by atoms with Gasteiger partial charge >= 0.3 is 27.0 Å². The highest BCUT2D eigenvalue weighted by Gasteiger charge is 2.51. The number of halogens is 12. The third-order valence-corrected chi connectivity index (χ3v) is 57.9. The van der Waals surface area contributed by atoms with E-state index in [4.69, 9.17) is 67.4 Å². The van der Waals surface area contributed by atoms with Gasteiger partial charge in [0.25, 0.3) is 0 Å². The molecular formula is C128H188Cl6F6P8+8. The Balaban J connectivity index is 0.000000234. The molecule has 20 heteroatoms. The molecule has 0 saturated heterocycles. The van der Waals surface area contributed by atoms with Crippen molar-refractivity contribution in [2.24, 2.45) is 71.0 Å². The van der Waals surface area contributed by atoms with E-state index in [0.29, 0.717) is 53.2 Å². The Kier molecular flexibility index (Phi) is 58.9. The summed E-state index contributed by atoms with van der Waals surface area (Å²) in [6.45, 7) is 50.5. The minimum Gasteiger partial charge on any atom is -0.0625 e. The topological polar surface area (TPSA) is 0 Å². The van der Waals surface area contributed by atoms with Crippen LogP contribution in [-0.2, 0) is 24.6 Å². The summed E-state index contributed by atoms with van der Waals surface area (Å²) in [5.41, 5.74) is 9.68. The van der Waals surface area contributed by atoms with Crippen molar-refractivity contribution in [1.82, 2.24) is 0 Å². The molecule has 0 nitrogen and oxygen atoms in total. The summed E-state index contributed by atoms with van der Waals surface area (Å²) in [6, 6.07) is 101. The van der Waals surface area contributed by atoms with Gasteiger partial charge in [-0.3, -0.25) is 0 Å². The SMILES string of the molecule is CC(C)C1CCC(C[P+](Cl)(Cl)Cl)CC1.CC(C)C1CCC(C[P+](F)(F)F)CC1.CC(C)C1CCC(C[P+](c2ccccc2)(c2ccccc2)c2ccccc2)CC1.CC(C)c1ccc(C[P+](Cl)(Cl)Cl)cc1.CC(C)c1ccc(C[P+](F)(F)F)cc1.CC(C)c1ccc(C[P+](c2ccccc2)(c2ccccc2)c2ccccc2)cc1.CC[P+](CC)(CC)CC1CCC(C(C)C)CC1.CC[P+](CC)(CC)Cc1ccc(C(C)C)cc1. The van der Waals surface area contributed by atoms with Crippen molar-refractivity contribution < 1.29 is 25.2 Å². The van der Waals surface area contributed by atoms with E-state index in [1.807, 2.05) is 26.0 Å². The van der Waals surface area contributed by atoms with Crippen LogP contribution < -0.4 is 31.8 Å². The van der Waals surface area contributed by atoms with Crippen LogP contribution in [0.2, 0.25) is 0 Å². The highest BCUT2D eigenvalue weighted by atomic mass is 36.1. The van der Waals surface area contributed by atoms with E-state index in [-0.39, 0.29) is 5.92 Å². The lowest BCUT2D eigenvalue weighted by Crippen LogP contribution is -2.36. The molecule has 816 valence electrons. The van der Waals surface area contributed by atoms with E-state index in [9.17, 15) is 25.2 Å². The largest absolute Gasteiger partial charge is 0.573 e. The van der Waals surface area contributed by atoms with Gasteiger partial charge in [0.1, 0.15) is 126 Å². The van der Waals surface area contributed by atoms with Gasteiger partial charge in [0, 0.05) is 45.6 Å². The molecule has 14 rings (SSSR count). The van der Waals surface area contributed by atoms with Crippen molar-refractivity contribution in [3.05, 3.63) is 324 Å². The monoisotopic (exact) mass is 2300 g/mol. The normalized spacial score (nSPS) is 18.5. The molecule has 0 N–H and O–H groups in total. The first-order valence-electron chi connectivity index (χ1n) is 56.1. The van der Waals surface area contributed by atoms with Gasteiger partial charge in [-0.05, 0) is 350 Å². The second-order valence-electron chi connectivity index (χ2n) is 45.5. The zero-order chi connectivity index (χ0) is 109. The van der Waals surface area contributed by atoms with Crippen molar-refractivity contribution in [3.8, 4) is 0 Å². The number of benzene rings is 10. The summed E-state index contributed by atoms with van der Waals surface area (Å²) < 4.78 is 73.0. The lowest BCUT2D eigenvalue weighted by Gasteiger charge is -2.35. The molecule has 0 atom stereocenters. The Morgan fingerprint density at radius 3 is 0.628 bits per heavy atom. The fraction of sp³-hybridized carbons (Fsp3) is 0.531. The zero-order valence-corrected chi connectivity index (χ0v) is 106. The molecule has 0 bridgehead atoms. The first kappa shape index (κ1) is 132. The van der Waals surface area contributed by atoms with Crippen LogP contribution in [0.4, 0.5) is 25.2 Å². The molecule has 10 aromatic carbocycles. The zero-order valence-electron chi connectivity index (χ0n) is 94.1. The van der Waals surface area contributed by atoms with Crippen molar-refractivity contribution in [3.63, 3.8) is 0 Å². The molecule has 4 saturated carbocycles. The second kappa shape index (κ2) is 66.1. The fourth-order valence-electron chi connectivity index (χ4n) is 22.4. The van der Waals surface area contributed by atoms with Crippen molar-refractivity contribution in [2.75, 3.05) is 61.6 Å². The summed E-state index contributed by atoms with van der Waals surface area (Å²) in [6.07, 6.45) is 34.6. The standard InChI is InChI=1S/C28H34P.C28H28P.C16H34P.C16H28P.C10H19Cl3P.C10H13Cl3P.C10H19F3P.C10H13F3P/c2*1-23(2)25-20-18-24(19-21-25)22-29(26-12-6-3-7-13-26,27-14-8-4-9-15-27)28-16-10-5-11-17-28;2*1-6-17(7-2,8-3)13-15-9-11-16(12-10-15)14(4)5;4*1-8(2)10-5-3-9(4-6-10)7-14(11,12)13/h3-17,23-25H,18-22H2,1-2H3;3-21,23H,22H2,1-2H3;14-16H,6-13H2,1-5H3;9-12,14H,6-8,13H2,1-5H3;8-10H,3-7H2,1-2H3;3-6,8H,7H2,1-2H3;8-10H,3-7H2,1-2H3;3-6,8H,7H2,1-2H3/q8*+1. The third-order valence-electron chi connectivity index (χ3n) is 32.9. The minimum atomic E-state index is -5.18. The third kappa shape index (κ3) is 45.7. The molecule has 0 aliphatic heterocycles. The Hall–Kier alpha value is -3.04. The molecule has 0 amide bonds. The first-order chi connectivity index (χ1) is 70.1. The highest BCUT2D eigenvalue weighted by molar-refractivity contribution is 8.32. The quantitative estimate of drug-likeness (QED) is 0.0271. The predicted octanol–water partition coefficient (Wildman–Crippen LogP) is 45.5. The van der Waals surface area contributed by atoms with Crippen LogP contribution in [-0.4, -0.2) is 61.6 Å². The van der Waals surface area contributed by atoms with Gasteiger partial charge < -0.3 is 0 Å². The average molecular weight is 2300 g/mol. The fourth-order valence-corrected chi connectivity index (χ4v) is 44.1. The number of rotatable bonds is 36. The van der Waals surface area contributed by atoms with Crippen molar-refractivity contribution in [1.29, 1.82) is 0 Å². The van der Waals surface area contributed by atoms with E-state index in [1.165, 1.54) is 180 Å². The maximum atomic E-state index is 12.2. The highest BCUT2D eigenvalue weighted by Crippen LogP contribution is 2.77. The van der Waals surface area contributed by atoms with Gasteiger partial charge in [-0.15, -0.1) is 0 Å². The van der Waals surface area contributed by atoms with Crippen molar-refractivity contribution in [2.45, 2.75) is 303 Å². The summed E-state index contributed by atoms with van der Waals surface area (Å²) in [5, 5.41) is 4.53. The molecule has 0 heterocycles. The molecule has 10 aromatic rings. The number of hydrogen-bond acceptors (Lipinski definition) is 0. The summed E-state index contributed by atoms with van der Waals surface area (Å²) in [4.78, 5) is 0. The van der Waals surface area contributed by atoms with Gasteiger partial charge in [-0.25, -0.2) is 0 Å². The van der Waals surface area contributed by atoms with Crippen molar-refractivity contribution >= 4 is 155 Å². The maximum Gasteiger partial charge on any atom is 0.573 e. The summed E-state index contributed by atoms with van der Waals surface area (Å²) in [7, 11) is -14.9. The maximum absolute atomic E-state index is 12.2. The van der Waals surface area contributed by atoms with Gasteiger partial charge in [0.2, 0.25) is 0 Å². The molecule has 0 unspecified atom stereocenters. The van der Waals surface area contributed by atoms with Crippen LogP contribution in [0.1, 0.15) is 323 Å². The smallest absolute Gasteiger partial charge is 0.0625 e. The van der Waals surface area contributed by atoms with Gasteiger partial charge in [-0.1, -0.05) is 317 Å². The van der Waals surface area contributed by atoms with Crippen LogP contribution in [0, 0.1) is 71.0 Å². The molecule has 0 aromatic heterocycles. The first-order valence-corrected chi connectivity index (χ1v) is 77.8. The molecule has 148 heavy (non-hydrogen) atoms. The molecular weight excluding hydrogens is 2110 g/mol. The van der Waals surface area contributed by atoms with Crippen LogP contribution >= 0.6 is 124 Å². The Labute approximate surface area is 932 Å². The minimum absolute atomic E-state index is 0.0571. The molecule has 0 spiro atoms. The summed E-state index contributed by atoms with van der Waals surface area (Å²) >= 11 is 35.2. The molecule has 4 aliphatic rings. The lowest BCUT2D eigenvalue weighted by molar-refractivity contribution is 0.233. The predicted molar refractivity (Wildman–Crippen MR) is 674 cm³/mol. The summed E-state index contributed by atoms with van der Waals surface area (Å²) in [5.74, 6) is 11.3. The van der Waals surface area contributed by atoms with E-state index < -0.39 is 68.4 Å². The van der Waals surface area contributed by atoms with Gasteiger partial charge in [0.15, 0.2) is 12.3 Å².